The summed E-state index contributed by atoms with van der Waals surface area (Å²) in [6.07, 6.45) is 0.724. The van der Waals surface area contributed by atoms with Gasteiger partial charge in [0, 0.05) is 23.6 Å². The Morgan fingerprint density at radius 1 is 0.972 bits per heavy atom. The second-order valence-corrected chi connectivity index (χ2v) is 10.9. The lowest BCUT2D eigenvalue weighted by Crippen LogP contribution is -2.28. The average molecular weight is 493 g/mol. The number of pyridine rings is 1. The van der Waals surface area contributed by atoms with Crippen molar-refractivity contribution >= 4 is 0 Å². The van der Waals surface area contributed by atoms with Gasteiger partial charge in [0.25, 0.3) is 0 Å². The molecule has 3 aromatic rings. The summed E-state index contributed by atoms with van der Waals surface area (Å²) in [5.41, 5.74) is 6.97. The molecule has 0 saturated heterocycles. The fourth-order valence-corrected chi connectivity index (χ4v) is 5.87. The number of alkyl halides is 3. The molecule has 0 amide bonds. The zero-order valence-corrected chi connectivity index (χ0v) is 20.3. The Kier molecular flexibility index (Phi) is 5.21. The lowest BCUT2D eigenvalue weighted by atomic mass is 9.67. The lowest BCUT2D eigenvalue weighted by molar-refractivity contribution is -0.137. The number of halogens is 4. The van der Waals surface area contributed by atoms with E-state index < -0.39 is 17.8 Å². The fourth-order valence-electron chi connectivity index (χ4n) is 5.87. The van der Waals surface area contributed by atoms with Crippen LogP contribution in [0.25, 0.3) is 11.1 Å². The van der Waals surface area contributed by atoms with Crippen molar-refractivity contribution < 1.29 is 22.3 Å². The highest BCUT2D eigenvalue weighted by Gasteiger charge is 2.44. The predicted octanol–water partition coefficient (Wildman–Crippen LogP) is 8.29. The molecule has 1 aliphatic heterocycles. The molecule has 2 aliphatic carbocycles. The quantitative estimate of drug-likeness (QED) is 0.343. The maximum Gasteiger partial charge on any atom is 0.416 e. The first-order valence-electron chi connectivity index (χ1n) is 12.2. The monoisotopic (exact) mass is 492 g/mol. The second kappa shape index (κ2) is 8.01. The number of benzene rings is 2. The van der Waals surface area contributed by atoms with E-state index in [0.29, 0.717) is 5.56 Å². The standard InChI is InChI=1S/C30H26F4NO/c1-16-27-26(28(36-16)19-6-10-20(11-7-19)30(32,33)34)24(18-8-12-21(31)13-9-18)25-22(17-4-5-17)14-29(2,3)15-23(25)35-27/h4-13,16,22,28H,14-15H2,1-3H3/t16?,22-,28?/m1/s1. The van der Waals surface area contributed by atoms with Gasteiger partial charge in [0.05, 0.1) is 17.4 Å². The molecule has 2 heterocycles. The van der Waals surface area contributed by atoms with Gasteiger partial charge in [0.15, 0.2) is 0 Å². The van der Waals surface area contributed by atoms with Gasteiger partial charge in [0.2, 0.25) is 0 Å². The van der Waals surface area contributed by atoms with Crippen molar-refractivity contribution in [3.8, 4) is 11.1 Å². The smallest absolute Gasteiger partial charge is 0.359 e. The maximum atomic E-state index is 13.9. The third kappa shape index (κ3) is 3.96. The molecule has 0 fully saturated rings. The molecule has 1 aromatic heterocycles. The topological polar surface area (TPSA) is 22.1 Å². The molecule has 3 atom stereocenters. The van der Waals surface area contributed by atoms with Gasteiger partial charge in [0.1, 0.15) is 11.9 Å². The highest BCUT2D eigenvalue weighted by atomic mass is 19.4. The van der Waals surface area contributed by atoms with E-state index in [9.17, 15) is 17.6 Å². The SMILES string of the molecule is CC1OC(c2ccc(C(F)(F)F)cc2)c2c1nc1c(c2-c2ccc(F)cc2)[C@@H](C2=C[CH]2)CC(C)(C)C1. The molecule has 2 aromatic carbocycles. The van der Waals surface area contributed by atoms with Crippen LogP contribution in [0.1, 0.15) is 79.0 Å². The number of aromatic nitrogens is 1. The Hall–Kier alpha value is -2.99. The van der Waals surface area contributed by atoms with Crippen LogP contribution in [-0.2, 0) is 17.3 Å². The third-order valence-electron chi connectivity index (χ3n) is 7.55. The van der Waals surface area contributed by atoms with Crippen LogP contribution in [0.4, 0.5) is 17.6 Å². The molecule has 185 valence electrons. The van der Waals surface area contributed by atoms with Gasteiger partial charge in [-0.15, -0.1) is 0 Å². The first-order valence-corrected chi connectivity index (χ1v) is 12.2. The molecule has 3 aliphatic rings. The van der Waals surface area contributed by atoms with Crippen molar-refractivity contribution in [2.24, 2.45) is 5.41 Å². The molecule has 6 heteroatoms. The van der Waals surface area contributed by atoms with Crippen molar-refractivity contribution in [2.45, 2.75) is 57.9 Å². The predicted molar refractivity (Wildman–Crippen MR) is 130 cm³/mol. The number of hydrogen-bond acceptors (Lipinski definition) is 2. The normalized spacial score (nSPS) is 24.2. The van der Waals surface area contributed by atoms with Crippen LogP contribution in [0, 0.1) is 17.7 Å². The minimum Gasteiger partial charge on any atom is -0.359 e. The summed E-state index contributed by atoms with van der Waals surface area (Å²) in [5.74, 6) is -0.163. The highest BCUT2D eigenvalue weighted by molar-refractivity contribution is 5.77. The molecule has 0 saturated carbocycles. The van der Waals surface area contributed by atoms with E-state index in [2.05, 4.69) is 26.3 Å². The van der Waals surface area contributed by atoms with Crippen molar-refractivity contribution in [3.05, 3.63) is 106 Å². The number of ether oxygens (including phenoxy) is 1. The second-order valence-electron chi connectivity index (χ2n) is 10.9. The lowest BCUT2D eigenvalue weighted by Gasteiger charge is -2.38. The minimum atomic E-state index is -4.41. The molecule has 2 nitrogen and oxygen atoms in total. The molecule has 1 radical (unpaired) electrons. The summed E-state index contributed by atoms with van der Waals surface area (Å²) in [7, 11) is 0. The van der Waals surface area contributed by atoms with Gasteiger partial charge < -0.3 is 4.74 Å². The first-order chi connectivity index (χ1) is 17.0. The number of hydrogen-bond donors (Lipinski definition) is 0. The Morgan fingerprint density at radius 3 is 2.25 bits per heavy atom. The van der Waals surface area contributed by atoms with Gasteiger partial charge in [-0.25, -0.2) is 4.39 Å². The fraction of sp³-hybridized carbons (Fsp3) is 0.333. The minimum absolute atomic E-state index is 0.0613. The maximum absolute atomic E-state index is 13.9. The molecule has 0 N–H and O–H groups in total. The van der Waals surface area contributed by atoms with Crippen LogP contribution in [-0.4, -0.2) is 4.98 Å². The van der Waals surface area contributed by atoms with Crippen LogP contribution >= 0.6 is 0 Å². The largest absolute Gasteiger partial charge is 0.416 e. The van der Waals surface area contributed by atoms with Crippen LogP contribution in [0.15, 0.2) is 60.2 Å². The van der Waals surface area contributed by atoms with Crippen molar-refractivity contribution in [1.29, 1.82) is 0 Å². The summed E-state index contributed by atoms with van der Waals surface area (Å²) in [6.45, 7) is 6.44. The van der Waals surface area contributed by atoms with Gasteiger partial charge in [-0.3, -0.25) is 4.98 Å². The Morgan fingerprint density at radius 2 is 1.64 bits per heavy atom. The van der Waals surface area contributed by atoms with E-state index >= 15 is 0 Å². The van der Waals surface area contributed by atoms with Crippen LogP contribution in [0.2, 0.25) is 0 Å². The Bertz CT molecular complexity index is 1370. The van der Waals surface area contributed by atoms with Crippen LogP contribution in [0.5, 0.6) is 0 Å². The molecular formula is C30H26F4NO. The van der Waals surface area contributed by atoms with E-state index in [1.54, 1.807) is 12.1 Å². The van der Waals surface area contributed by atoms with Crippen molar-refractivity contribution in [1.82, 2.24) is 4.98 Å². The highest BCUT2D eigenvalue weighted by Crippen LogP contribution is 2.56. The van der Waals surface area contributed by atoms with Crippen molar-refractivity contribution in [2.75, 3.05) is 0 Å². The third-order valence-corrected chi connectivity index (χ3v) is 7.55. The van der Waals surface area contributed by atoms with Gasteiger partial charge in [-0.1, -0.05) is 49.8 Å². The first kappa shape index (κ1) is 23.4. The molecule has 0 spiro atoms. The summed E-state index contributed by atoms with van der Waals surface area (Å²) in [6, 6.07) is 11.6. The molecule has 36 heavy (non-hydrogen) atoms. The zero-order chi connectivity index (χ0) is 25.4. The van der Waals surface area contributed by atoms with E-state index in [4.69, 9.17) is 9.72 Å². The van der Waals surface area contributed by atoms with Crippen LogP contribution < -0.4 is 0 Å². The summed E-state index contributed by atoms with van der Waals surface area (Å²) in [5, 5.41) is 0. The summed E-state index contributed by atoms with van der Waals surface area (Å²) < 4.78 is 59.9. The molecule has 0 bridgehead atoms. The van der Waals surface area contributed by atoms with Gasteiger partial charge in [-0.2, -0.15) is 13.2 Å². The van der Waals surface area contributed by atoms with E-state index in [0.717, 1.165) is 58.6 Å². The number of nitrogens with zero attached hydrogens (tertiary/aromatic N) is 1. The average Bonchev–Trinajstić information content (AvgIpc) is 3.61. The van der Waals surface area contributed by atoms with Crippen molar-refractivity contribution in [3.63, 3.8) is 0 Å². The number of allylic oxidation sites excluding steroid dienone is 2. The van der Waals surface area contributed by atoms with Gasteiger partial charge >= 0.3 is 6.18 Å². The van der Waals surface area contributed by atoms with E-state index in [-0.39, 0.29) is 23.3 Å². The van der Waals surface area contributed by atoms with E-state index in [1.807, 2.05) is 6.92 Å². The Balaban J connectivity index is 1.59. The van der Waals surface area contributed by atoms with Crippen LogP contribution in [0.3, 0.4) is 0 Å². The summed E-state index contributed by atoms with van der Waals surface area (Å²) in [4.78, 5) is 5.15. The zero-order valence-electron chi connectivity index (χ0n) is 20.3. The Labute approximate surface area is 208 Å². The van der Waals surface area contributed by atoms with Gasteiger partial charge in [-0.05, 0) is 71.7 Å². The molecular weight excluding hydrogens is 466 g/mol. The number of rotatable bonds is 3. The summed E-state index contributed by atoms with van der Waals surface area (Å²) >= 11 is 0. The number of fused-ring (bicyclic) bond motifs is 2. The van der Waals surface area contributed by atoms with E-state index in [1.165, 1.54) is 29.8 Å². The molecule has 2 unspecified atom stereocenters. The molecule has 6 rings (SSSR count).